The van der Waals surface area contributed by atoms with Crippen LogP contribution in [0.15, 0.2) is 23.8 Å². The third-order valence-corrected chi connectivity index (χ3v) is 7.83. The Morgan fingerprint density at radius 2 is 1.79 bits per heavy atom. The lowest BCUT2D eigenvalue weighted by atomic mass is 9.61. The number of rotatable bonds is 2. The van der Waals surface area contributed by atoms with E-state index in [1.807, 2.05) is 0 Å². The van der Waals surface area contributed by atoms with E-state index < -0.39 is 0 Å². The third-order valence-electron chi connectivity index (χ3n) is 7.83. The van der Waals surface area contributed by atoms with Gasteiger partial charge in [-0.1, -0.05) is 30.7 Å². The van der Waals surface area contributed by atoms with Crippen LogP contribution in [0.4, 0.5) is 0 Å². The second-order valence-electron chi connectivity index (χ2n) is 9.49. The van der Waals surface area contributed by atoms with Crippen LogP contribution < -0.4 is 5.32 Å². The zero-order valence-electron chi connectivity index (χ0n) is 15.8. The van der Waals surface area contributed by atoms with Gasteiger partial charge in [-0.3, -0.25) is 0 Å². The number of hydrogen-bond donors (Lipinski definition) is 1. The first-order valence-corrected chi connectivity index (χ1v) is 10.8. The maximum Gasteiger partial charge on any atom is 0.0104 e. The Bertz CT molecular complexity index is 490. The van der Waals surface area contributed by atoms with Crippen molar-refractivity contribution in [3.8, 4) is 0 Å². The minimum Gasteiger partial charge on any atom is -0.311 e. The monoisotopic (exact) mass is 327 g/mol. The summed E-state index contributed by atoms with van der Waals surface area (Å²) in [6.07, 6.45) is 21.5. The molecule has 0 amide bonds. The normalized spacial score (nSPS) is 46.2. The first-order chi connectivity index (χ1) is 11.7. The summed E-state index contributed by atoms with van der Waals surface area (Å²) in [4.78, 5) is 0. The molecule has 1 saturated carbocycles. The highest BCUT2D eigenvalue weighted by Gasteiger charge is 2.44. The molecule has 1 heterocycles. The molecule has 4 rings (SSSR count). The maximum absolute atomic E-state index is 4.18. The Kier molecular flexibility index (Phi) is 5.18. The molecule has 3 aliphatic carbocycles. The number of nitrogens with one attached hydrogen (secondary N) is 1. The first-order valence-electron chi connectivity index (χ1n) is 10.8. The molecule has 134 valence electrons. The Balaban J connectivity index is 1.51. The molecule has 1 nitrogen and oxygen atoms in total. The van der Waals surface area contributed by atoms with Crippen LogP contribution in [0, 0.1) is 29.6 Å². The molecule has 1 aliphatic heterocycles. The van der Waals surface area contributed by atoms with E-state index in [1.54, 1.807) is 5.57 Å². The highest BCUT2D eigenvalue weighted by Crippen LogP contribution is 2.47. The summed E-state index contributed by atoms with van der Waals surface area (Å²) in [7, 11) is 0. The quantitative estimate of drug-likeness (QED) is 0.625. The van der Waals surface area contributed by atoms with Crippen LogP contribution in [-0.2, 0) is 0 Å². The molecule has 1 saturated heterocycles. The summed E-state index contributed by atoms with van der Waals surface area (Å²) >= 11 is 0. The number of hydrogen-bond acceptors (Lipinski definition) is 1. The van der Waals surface area contributed by atoms with Crippen LogP contribution >= 0.6 is 0 Å². The molecule has 24 heavy (non-hydrogen) atoms. The fraction of sp³-hybridized carbons (Fsp3) is 0.826. The van der Waals surface area contributed by atoms with E-state index in [0.29, 0.717) is 0 Å². The van der Waals surface area contributed by atoms with Gasteiger partial charge in [0.2, 0.25) is 0 Å². The molecule has 0 aromatic rings. The Morgan fingerprint density at radius 1 is 0.875 bits per heavy atom. The molecular weight excluding hydrogens is 290 g/mol. The zero-order chi connectivity index (χ0) is 16.5. The first kappa shape index (κ1) is 16.9. The maximum atomic E-state index is 4.18. The molecule has 0 aromatic heterocycles. The van der Waals surface area contributed by atoms with Crippen LogP contribution in [0.25, 0.3) is 0 Å². The van der Waals surface area contributed by atoms with E-state index in [4.69, 9.17) is 0 Å². The fourth-order valence-corrected chi connectivity index (χ4v) is 6.34. The van der Waals surface area contributed by atoms with Crippen molar-refractivity contribution in [3.05, 3.63) is 23.8 Å². The number of piperidine rings is 1. The van der Waals surface area contributed by atoms with E-state index >= 15 is 0 Å². The lowest BCUT2D eigenvalue weighted by molar-refractivity contribution is 0.0316. The van der Waals surface area contributed by atoms with Crippen LogP contribution in [0.2, 0.25) is 0 Å². The Hall–Kier alpha value is -0.560. The number of allylic oxidation sites excluding steroid dienone is 4. The summed E-state index contributed by atoms with van der Waals surface area (Å²) in [5, 5.41) is 4.18. The van der Waals surface area contributed by atoms with Crippen molar-refractivity contribution in [2.75, 3.05) is 0 Å². The summed E-state index contributed by atoms with van der Waals surface area (Å²) in [6.45, 7) is 4.81. The van der Waals surface area contributed by atoms with Gasteiger partial charge in [-0.05, 0) is 101 Å². The standard InChI is InChI=1S/C23H37N/c1-16-8-11-19(12-9-16)23-15-20(18-6-4-3-5-7-18)21-14-17(2)10-13-22(21)24-23/h3-4,8,17-24H,5-7,9-15H2,1-2H3/t17-,18+,19+,20-,21+,22?,23?/m0/s1. The van der Waals surface area contributed by atoms with Gasteiger partial charge in [-0.2, -0.15) is 0 Å². The van der Waals surface area contributed by atoms with E-state index in [1.165, 1.54) is 64.2 Å². The lowest BCUT2D eigenvalue weighted by Gasteiger charge is -2.51. The highest BCUT2D eigenvalue weighted by atomic mass is 15.0. The number of fused-ring (bicyclic) bond motifs is 1. The molecule has 0 bridgehead atoms. The van der Waals surface area contributed by atoms with E-state index in [0.717, 1.165) is 41.7 Å². The van der Waals surface area contributed by atoms with Crippen molar-refractivity contribution in [1.29, 1.82) is 0 Å². The SMILES string of the molecule is CC1=CC[C@@H](C2C[C@@H]([C@@H]3CC=CCC3)[C@H]3C[C@@H](C)CCC3N2)CC1. The molecular formula is C23H37N. The average Bonchev–Trinajstić information content (AvgIpc) is 2.62. The topological polar surface area (TPSA) is 12.0 Å². The van der Waals surface area contributed by atoms with Gasteiger partial charge in [0.05, 0.1) is 0 Å². The van der Waals surface area contributed by atoms with Crippen LogP contribution in [0.5, 0.6) is 0 Å². The lowest BCUT2D eigenvalue weighted by Crippen LogP contribution is -2.57. The van der Waals surface area contributed by atoms with Crippen molar-refractivity contribution >= 4 is 0 Å². The average molecular weight is 328 g/mol. The van der Waals surface area contributed by atoms with Gasteiger partial charge in [-0.25, -0.2) is 0 Å². The third kappa shape index (κ3) is 3.52. The second-order valence-corrected chi connectivity index (χ2v) is 9.49. The van der Waals surface area contributed by atoms with Gasteiger partial charge < -0.3 is 5.32 Å². The molecule has 7 atom stereocenters. The minimum atomic E-state index is 0.792. The predicted octanol–water partition coefficient (Wildman–Crippen LogP) is 5.87. The van der Waals surface area contributed by atoms with Gasteiger partial charge in [0, 0.05) is 12.1 Å². The zero-order valence-corrected chi connectivity index (χ0v) is 15.8. The smallest absolute Gasteiger partial charge is 0.0104 e. The van der Waals surface area contributed by atoms with Gasteiger partial charge in [-0.15, -0.1) is 0 Å². The van der Waals surface area contributed by atoms with Crippen LogP contribution in [0.1, 0.15) is 78.1 Å². The van der Waals surface area contributed by atoms with Crippen molar-refractivity contribution < 1.29 is 0 Å². The summed E-state index contributed by atoms with van der Waals surface area (Å²) < 4.78 is 0. The van der Waals surface area contributed by atoms with Gasteiger partial charge in [0.1, 0.15) is 0 Å². The molecule has 0 spiro atoms. The second kappa shape index (κ2) is 7.36. The van der Waals surface area contributed by atoms with Gasteiger partial charge in [0.15, 0.2) is 0 Å². The highest BCUT2D eigenvalue weighted by molar-refractivity contribution is 5.07. The summed E-state index contributed by atoms with van der Waals surface area (Å²) in [6, 6.07) is 1.61. The van der Waals surface area contributed by atoms with E-state index in [2.05, 4.69) is 37.4 Å². The van der Waals surface area contributed by atoms with Crippen LogP contribution in [-0.4, -0.2) is 12.1 Å². The molecule has 4 aliphatic rings. The summed E-state index contributed by atoms with van der Waals surface area (Å²) in [5.74, 6) is 4.77. The van der Waals surface area contributed by atoms with E-state index in [9.17, 15) is 0 Å². The molecule has 1 N–H and O–H groups in total. The van der Waals surface area contributed by atoms with Crippen molar-refractivity contribution in [1.82, 2.24) is 5.32 Å². The van der Waals surface area contributed by atoms with Gasteiger partial charge >= 0.3 is 0 Å². The van der Waals surface area contributed by atoms with Crippen molar-refractivity contribution in [2.24, 2.45) is 29.6 Å². The largest absolute Gasteiger partial charge is 0.311 e. The summed E-state index contributed by atoms with van der Waals surface area (Å²) in [5.41, 5.74) is 1.63. The minimum absolute atomic E-state index is 0.792. The Labute approximate surface area is 149 Å². The van der Waals surface area contributed by atoms with Crippen molar-refractivity contribution in [3.63, 3.8) is 0 Å². The predicted molar refractivity (Wildman–Crippen MR) is 103 cm³/mol. The molecule has 0 aromatic carbocycles. The molecule has 2 unspecified atom stereocenters. The fourth-order valence-electron chi connectivity index (χ4n) is 6.34. The molecule has 0 radical (unpaired) electrons. The van der Waals surface area contributed by atoms with Crippen LogP contribution in [0.3, 0.4) is 0 Å². The van der Waals surface area contributed by atoms with E-state index in [-0.39, 0.29) is 0 Å². The van der Waals surface area contributed by atoms with Crippen molar-refractivity contribution in [2.45, 2.75) is 90.1 Å². The Morgan fingerprint density at radius 3 is 2.54 bits per heavy atom. The molecule has 2 fully saturated rings. The molecule has 1 heteroatoms. The van der Waals surface area contributed by atoms with Gasteiger partial charge in [0.25, 0.3) is 0 Å².